The number of carbonyl (C=O) groups excluding carboxylic acids is 1. The van der Waals surface area contributed by atoms with Gasteiger partial charge in [-0.1, -0.05) is 42.0 Å². The van der Waals surface area contributed by atoms with E-state index >= 15 is 0 Å². The predicted octanol–water partition coefficient (Wildman–Crippen LogP) is 5.82. The highest BCUT2D eigenvalue weighted by Crippen LogP contribution is 2.35. The van der Waals surface area contributed by atoms with Crippen molar-refractivity contribution in [3.8, 4) is 11.3 Å². The fraction of sp³-hybridized carbons (Fsp3) is 0.115. The number of carbonyl (C=O) groups is 1. The Bertz CT molecular complexity index is 1410. The summed E-state index contributed by atoms with van der Waals surface area (Å²) in [5.41, 5.74) is 13.0. The number of aryl methyl sites for hydroxylation is 2. The molecule has 0 saturated carbocycles. The quantitative estimate of drug-likeness (QED) is 0.418. The number of fused-ring (bicyclic) bond motifs is 3. The highest BCUT2D eigenvalue weighted by molar-refractivity contribution is 6.18. The Morgan fingerprint density at radius 2 is 1.83 bits per heavy atom. The molecule has 0 fully saturated rings. The number of primary amides is 1. The van der Waals surface area contributed by atoms with E-state index in [1.54, 1.807) is 12.3 Å². The Hall–Kier alpha value is -3.79. The van der Waals surface area contributed by atoms with Gasteiger partial charge in [0.25, 0.3) is 0 Å². The van der Waals surface area contributed by atoms with Crippen molar-refractivity contribution in [3.63, 3.8) is 0 Å². The van der Waals surface area contributed by atoms with Gasteiger partial charge in [-0.3, -0.25) is 4.79 Å². The number of furan rings is 1. The van der Waals surface area contributed by atoms with Crippen LogP contribution in [0.25, 0.3) is 33.1 Å². The Balaban J connectivity index is 1.82. The van der Waals surface area contributed by atoms with Crippen LogP contribution in [0.4, 0.5) is 0 Å². The van der Waals surface area contributed by atoms with Crippen LogP contribution in [-0.4, -0.2) is 10.5 Å². The minimum absolute atomic E-state index is 0.415. The summed E-state index contributed by atoms with van der Waals surface area (Å²) in [6.45, 7) is 4.95. The van der Waals surface area contributed by atoms with E-state index in [1.165, 1.54) is 16.7 Å². The topological polar surface area (TPSA) is 61.2 Å². The number of hydrogen-bond donors (Lipinski definition) is 1. The maximum absolute atomic E-state index is 12.2. The van der Waals surface area contributed by atoms with Gasteiger partial charge < -0.3 is 14.7 Å². The summed E-state index contributed by atoms with van der Waals surface area (Å²) in [7, 11) is 0. The second-order valence-electron chi connectivity index (χ2n) is 7.79. The molecule has 0 aliphatic heterocycles. The summed E-state index contributed by atoms with van der Waals surface area (Å²) in [6.07, 6.45) is 1.68. The summed E-state index contributed by atoms with van der Waals surface area (Å²) in [5, 5.41) is 1.91. The fourth-order valence-electron chi connectivity index (χ4n) is 4.31. The molecule has 0 unspecified atom stereocenters. The first-order chi connectivity index (χ1) is 14.5. The second kappa shape index (κ2) is 6.92. The molecule has 0 atom stereocenters. The minimum atomic E-state index is -0.415. The van der Waals surface area contributed by atoms with Gasteiger partial charge in [0.15, 0.2) is 0 Å². The molecular weight excluding hydrogens is 372 g/mol. The third-order valence-electron chi connectivity index (χ3n) is 5.79. The van der Waals surface area contributed by atoms with Gasteiger partial charge in [-0.15, -0.1) is 0 Å². The molecule has 0 saturated heterocycles. The van der Waals surface area contributed by atoms with Gasteiger partial charge in [0, 0.05) is 28.4 Å². The molecule has 0 aliphatic rings. The van der Waals surface area contributed by atoms with Crippen LogP contribution < -0.4 is 5.73 Å². The lowest BCUT2D eigenvalue weighted by Crippen LogP contribution is -2.11. The van der Waals surface area contributed by atoms with Crippen LogP contribution in [0.2, 0.25) is 0 Å². The summed E-state index contributed by atoms with van der Waals surface area (Å²) in [4.78, 5) is 12.2. The zero-order valence-corrected chi connectivity index (χ0v) is 17.0. The summed E-state index contributed by atoms with van der Waals surface area (Å²) < 4.78 is 7.88. The normalized spacial score (nSPS) is 11.4. The first kappa shape index (κ1) is 18.3. The Labute approximate surface area is 174 Å². The third kappa shape index (κ3) is 2.89. The molecule has 5 rings (SSSR count). The number of nitrogens with two attached hydrogens (primary N) is 1. The molecule has 5 aromatic rings. The molecule has 30 heavy (non-hydrogen) atoms. The average molecular weight is 394 g/mol. The molecule has 4 heteroatoms. The summed E-state index contributed by atoms with van der Waals surface area (Å²) in [5.74, 6) is 0.400. The van der Waals surface area contributed by atoms with E-state index in [4.69, 9.17) is 10.2 Å². The molecule has 4 nitrogen and oxygen atoms in total. The molecule has 3 aromatic carbocycles. The van der Waals surface area contributed by atoms with Crippen molar-refractivity contribution in [1.82, 2.24) is 4.57 Å². The van der Waals surface area contributed by atoms with E-state index < -0.39 is 5.91 Å². The Morgan fingerprint density at radius 3 is 2.57 bits per heavy atom. The Morgan fingerprint density at radius 1 is 0.967 bits per heavy atom. The van der Waals surface area contributed by atoms with Crippen LogP contribution in [0.1, 0.15) is 27.0 Å². The molecule has 0 bridgehead atoms. The van der Waals surface area contributed by atoms with Gasteiger partial charge in [-0.2, -0.15) is 0 Å². The number of benzene rings is 3. The van der Waals surface area contributed by atoms with Gasteiger partial charge in [0.2, 0.25) is 5.91 Å². The van der Waals surface area contributed by atoms with Crippen molar-refractivity contribution in [2.24, 2.45) is 5.73 Å². The van der Waals surface area contributed by atoms with Crippen molar-refractivity contribution in [2.75, 3.05) is 0 Å². The lowest BCUT2D eigenvalue weighted by molar-refractivity contribution is 0.100. The first-order valence-corrected chi connectivity index (χ1v) is 9.98. The first-order valence-electron chi connectivity index (χ1n) is 9.98. The second-order valence-corrected chi connectivity index (χ2v) is 7.79. The van der Waals surface area contributed by atoms with E-state index in [1.807, 2.05) is 24.3 Å². The molecule has 1 amide bonds. The highest BCUT2D eigenvalue weighted by Gasteiger charge is 2.18. The van der Waals surface area contributed by atoms with E-state index in [0.29, 0.717) is 12.1 Å². The van der Waals surface area contributed by atoms with E-state index in [9.17, 15) is 4.79 Å². The largest absolute Gasteiger partial charge is 0.464 e. The standard InChI is InChI=1S/C26H22N2O2/c1-16-8-9-19(17(2)13-16)15-28-22-6-3-5-21(26(27)29)25(22)20-11-10-18(14-23(20)28)24-7-4-12-30-24/h3-14H,15H2,1-2H3,(H2,27,29). The maximum atomic E-state index is 12.2. The van der Waals surface area contributed by atoms with Crippen molar-refractivity contribution in [2.45, 2.75) is 20.4 Å². The number of amides is 1. The van der Waals surface area contributed by atoms with Gasteiger partial charge >= 0.3 is 0 Å². The molecule has 0 spiro atoms. The van der Waals surface area contributed by atoms with Crippen molar-refractivity contribution in [1.29, 1.82) is 0 Å². The number of hydrogen-bond acceptors (Lipinski definition) is 2. The SMILES string of the molecule is Cc1ccc(Cn2c3cc(-c4ccco4)ccc3c3c(C(N)=O)cccc32)c(C)c1. The number of rotatable bonds is 4. The zero-order chi connectivity index (χ0) is 20.8. The van der Waals surface area contributed by atoms with Crippen LogP contribution in [0.15, 0.2) is 77.4 Å². The molecule has 2 heterocycles. The molecule has 0 radical (unpaired) electrons. The molecular formula is C26H22N2O2. The van der Waals surface area contributed by atoms with E-state index in [-0.39, 0.29) is 0 Å². The number of nitrogens with zero attached hydrogens (tertiary/aromatic N) is 1. The van der Waals surface area contributed by atoms with E-state index in [2.05, 4.69) is 54.8 Å². The fourth-order valence-corrected chi connectivity index (χ4v) is 4.31. The van der Waals surface area contributed by atoms with Crippen LogP contribution in [0.3, 0.4) is 0 Å². The lowest BCUT2D eigenvalue weighted by atomic mass is 10.0. The smallest absolute Gasteiger partial charge is 0.249 e. The van der Waals surface area contributed by atoms with Crippen molar-refractivity contribution in [3.05, 3.63) is 95.2 Å². The van der Waals surface area contributed by atoms with E-state index in [0.717, 1.165) is 33.1 Å². The van der Waals surface area contributed by atoms with Gasteiger partial charge in [0.1, 0.15) is 5.76 Å². The number of aromatic nitrogens is 1. The molecule has 148 valence electrons. The van der Waals surface area contributed by atoms with Crippen molar-refractivity contribution >= 4 is 27.7 Å². The average Bonchev–Trinajstić information content (AvgIpc) is 3.36. The molecule has 2 N–H and O–H groups in total. The summed E-state index contributed by atoms with van der Waals surface area (Å²) >= 11 is 0. The van der Waals surface area contributed by atoms with Crippen molar-refractivity contribution < 1.29 is 9.21 Å². The molecule has 0 aliphatic carbocycles. The third-order valence-corrected chi connectivity index (χ3v) is 5.79. The van der Waals surface area contributed by atoms with Crippen LogP contribution in [0.5, 0.6) is 0 Å². The van der Waals surface area contributed by atoms with Gasteiger partial charge in [-0.25, -0.2) is 0 Å². The zero-order valence-electron chi connectivity index (χ0n) is 17.0. The monoisotopic (exact) mass is 394 g/mol. The Kier molecular flexibility index (Phi) is 4.21. The predicted molar refractivity (Wildman–Crippen MR) is 121 cm³/mol. The highest BCUT2D eigenvalue weighted by atomic mass is 16.3. The van der Waals surface area contributed by atoms with Gasteiger partial charge in [-0.05, 0) is 55.3 Å². The lowest BCUT2D eigenvalue weighted by Gasteiger charge is -2.12. The van der Waals surface area contributed by atoms with Gasteiger partial charge in [0.05, 0.1) is 17.3 Å². The van der Waals surface area contributed by atoms with Crippen LogP contribution >= 0.6 is 0 Å². The maximum Gasteiger partial charge on any atom is 0.249 e. The minimum Gasteiger partial charge on any atom is -0.464 e. The van der Waals surface area contributed by atoms with Crippen LogP contribution in [-0.2, 0) is 6.54 Å². The molecule has 2 aromatic heterocycles. The summed E-state index contributed by atoms with van der Waals surface area (Å²) in [6, 6.07) is 22.3. The van der Waals surface area contributed by atoms with Crippen LogP contribution in [0, 0.1) is 13.8 Å².